The molecular formula is C111H132N28Pt4. The van der Waals surface area contributed by atoms with Crippen LogP contribution in [0.4, 0.5) is 0 Å². The molecule has 0 saturated heterocycles. The minimum atomic E-state index is -0.0593. The van der Waals surface area contributed by atoms with Crippen molar-refractivity contribution in [1.29, 1.82) is 0 Å². The van der Waals surface area contributed by atoms with E-state index in [0.29, 0.717) is 57.9 Å². The van der Waals surface area contributed by atoms with Crippen LogP contribution in [0.1, 0.15) is 280 Å². The zero-order valence-corrected chi connectivity index (χ0v) is 96.4. The molecule has 143 heavy (non-hydrogen) atoms. The Kier molecular flexibility index (Phi) is 41.3. The Bertz CT molecular complexity index is 6550. The van der Waals surface area contributed by atoms with Crippen LogP contribution in [0.25, 0.3) is 113 Å². The van der Waals surface area contributed by atoms with Crippen LogP contribution in [-0.2, 0) is 147 Å². The van der Waals surface area contributed by atoms with Gasteiger partial charge >= 0.3 is 84.3 Å². The molecule has 2 aromatic carbocycles. The van der Waals surface area contributed by atoms with Crippen molar-refractivity contribution in [3.8, 4) is 91.6 Å². The van der Waals surface area contributed by atoms with Crippen molar-refractivity contribution >= 4 is 21.8 Å². The van der Waals surface area contributed by atoms with Crippen LogP contribution < -0.4 is 40.8 Å². The van der Waals surface area contributed by atoms with E-state index in [9.17, 15) is 0 Å². The van der Waals surface area contributed by atoms with Gasteiger partial charge in [-0.1, -0.05) is 300 Å². The Hall–Kier alpha value is -11.7. The van der Waals surface area contributed by atoms with Crippen molar-refractivity contribution < 1.29 is 84.3 Å². The molecule has 16 aromatic heterocycles. The van der Waals surface area contributed by atoms with Crippen LogP contribution in [0.2, 0.25) is 0 Å². The van der Waals surface area contributed by atoms with Crippen molar-refractivity contribution in [2.45, 2.75) is 275 Å². The van der Waals surface area contributed by atoms with E-state index in [4.69, 9.17) is 4.98 Å². The summed E-state index contributed by atoms with van der Waals surface area (Å²) in [4.78, 5) is 51.9. The number of aromatic nitrogens is 28. The minimum absolute atomic E-state index is 0. The number of fused-ring (bicyclic) bond motifs is 3. The van der Waals surface area contributed by atoms with E-state index in [1.807, 2.05) is 147 Å². The predicted octanol–water partition coefficient (Wildman–Crippen LogP) is 22.3. The van der Waals surface area contributed by atoms with Crippen molar-refractivity contribution in [2.75, 3.05) is 0 Å². The number of pyridine rings is 4. The van der Waals surface area contributed by atoms with Gasteiger partial charge in [-0.05, 0) is 195 Å². The van der Waals surface area contributed by atoms with Gasteiger partial charge in [0.25, 0.3) is 0 Å². The van der Waals surface area contributed by atoms with Crippen LogP contribution in [0.15, 0.2) is 220 Å². The maximum atomic E-state index is 4.73. The first-order valence-corrected chi connectivity index (χ1v) is 47.5. The van der Waals surface area contributed by atoms with Gasteiger partial charge in [0.05, 0.1) is 22.8 Å². The van der Waals surface area contributed by atoms with Crippen molar-refractivity contribution in [3.63, 3.8) is 0 Å². The van der Waals surface area contributed by atoms with E-state index in [0.717, 1.165) is 121 Å². The third kappa shape index (κ3) is 32.4. The Labute approximate surface area is 900 Å². The van der Waals surface area contributed by atoms with Crippen LogP contribution in [-0.4, -0.2) is 101 Å². The maximum absolute atomic E-state index is 4.73. The molecular weight excluding hydrogens is 2510 g/mol. The molecule has 0 saturated carbocycles. The van der Waals surface area contributed by atoms with Gasteiger partial charge in [-0.25, -0.2) is 39.9 Å². The van der Waals surface area contributed by atoms with E-state index in [2.05, 4.69) is 379 Å². The van der Waals surface area contributed by atoms with E-state index < -0.39 is 0 Å². The van der Waals surface area contributed by atoms with Gasteiger partial charge in [-0.15, -0.1) is 0 Å². The van der Waals surface area contributed by atoms with Crippen molar-refractivity contribution in [3.05, 3.63) is 287 Å². The summed E-state index contributed by atoms with van der Waals surface area (Å²) in [6.07, 6.45) is 27.0. The Morgan fingerprint density at radius 2 is 0.545 bits per heavy atom. The van der Waals surface area contributed by atoms with Gasteiger partial charge in [-0.2, -0.15) is 0 Å². The standard InChI is InChI=1S/C21H28N6.C18H20N6.2C18H16N6.4C9H13N.4Pt/c1-12(2)10-15-18(13(3)4)19(27-24-15)14-8-9-22-20(23-14)16-11-17(26-25-16)21(5,6)7;3*1-18(2,3)15-10-14(22-23-15)17-19-9-8-13(20-17)16-11-6-4-5-7-12(11)21-24-16;4*1-9(2,3)8-4-6-10-7-5-8;;;;/h8-9,11-13H,10H2,1-7H3;8-10H,4-7H2,1-3H3;2*4-10H,1-3H3;4*4-7H,1-3H3;;;;/q4*-2;;;;;4*+2. The largest absolute Gasteiger partial charge is 2.00 e. The smallest absolute Gasteiger partial charge is 0.573 e. The third-order valence-electron chi connectivity index (χ3n) is 22.8. The molecule has 0 amide bonds. The number of rotatable bonds is 11. The van der Waals surface area contributed by atoms with Crippen LogP contribution in [0, 0.1) is 5.92 Å². The topological polar surface area (TPSA) is 371 Å². The molecule has 28 nitrogen and oxygen atoms in total. The molecule has 32 heteroatoms. The molecule has 0 fully saturated rings. The second-order valence-electron chi connectivity index (χ2n) is 43.4. The van der Waals surface area contributed by atoms with E-state index in [1.54, 1.807) is 24.8 Å². The summed E-state index contributed by atoms with van der Waals surface area (Å²) >= 11 is 0. The van der Waals surface area contributed by atoms with Gasteiger partial charge in [0.1, 0.15) is 23.3 Å². The number of aryl methyl sites for hydroxylation is 1. The van der Waals surface area contributed by atoms with Gasteiger partial charge in [0.2, 0.25) is 0 Å². The SMILES string of the molecule is CC(C)(C)c1cc(-c2nccc(-c3[n-]nc4c3CCCC4)n2)[n-]n1.CC(C)(C)c1cc(-c2nccc(-c3[n-]nc4ccccc34)n2)[n-]n1.CC(C)(C)c1cc(-c2nccc(-c3[n-]nc4ccccc34)n2)[n-]n1.CC(C)(C)c1ccncc1.CC(C)(C)c1ccncc1.CC(C)(C)c1ccncc1.CC(C)(C)c1ccncc1.CC(C)Cc1n[n-]c(-c2ccnc(-c3cc(C(C)(C)C)n[n-]3)n2)c1C(C)C.[Pt+2].[Pt+2].[Pt+2].[Pt+2]. The predicted molar refractivity (Wildman–Crippen MR) is 551 cm³/mol. The molecule has 0 atom stereocenters. The zero-order chi connectivity index (χ0) is 100. The first kappa shape index (κ1) is 117. The Morgan fingerprint density at radius 3 is 0.818 bits per heavy atom. The molecule has 0 aliphatic heterocycles. The third-order valence-corrected chi connectivity index (χ3v) is 22.8. The van der Waals surface area contributed by atoms with Crippen molar-refractivity contribution in [1.82, 2.24) is 141 Å². The number of nitrogens with zero attached hydrogens (tertiary/aromatic N) is 28. The summed E-state index contributed by atoms with van der Waals surface area (Å²) in [6, 6.07) is 47.4. The number of hydrogen-bond acceptors (Lipinski definition) is 20. The second kappa shape index (κ2) is 50.7. The van der Waals surface area contributed by atoms with Crippen molar-refractivity contribution in [2.24, 2.45) is 5.92 Å². The summed E-state index contributed by atoms with van der Waals surface area (Å²) in [6.45, 7) is 60.4. The average molecular weight is 2640 g/mol. The summed E-state index contributed by atoms with van der Waals surface area (Å²) in [5.41, 5.74) is 25.2. The fourth-order valence-corrected chi connectivity index (χ4v) is 14.5. The van der Waals surface area contributed by atoms with Gasteiger partial charge in [0.15, 0.2) is 0 Å². The fourth-order valence-electron chi connectivity index (χ4n) is 14.5. The normalized spacial score (nSPS) is 12.0. The first-order chi connectivity index (χ1) is 65.6. The molecule has 0 N–H and O–H groups in total. The molecule has 756 valence electrons. The van der Waals surface area contributed by atoms with E-state index in [1.165, 1.54) is 46.2 Å². The van der Waals surface area contributed by atoms with Crippen LogP contribution >= 0.6 is 0 Å². The summed E-state index contributed by atoms with van der Waals surface area (Å²) in [7, 11) is 0. The van der Waals surface area contributed by atoms with Gasteiger partial charge in [0, 0.05) is 141 Å². The summed E-state index contributed by atoms with van der Waals surface area (Å²) < 4.78 is 0. The monoisotopic (exact) mass is 2640 g/mol. The summed E-state index contributed by atoms with van der Waals surface area (Å²) in [5, 5.41) is 70.5. The van der Waals surface area contributed by atoms with Crippen LogP contribution in [0.5, 0.6) is 0 Å². The molecule has 0 radical (unpaired) electrons. The first-order valence-electron chi connectivity index (χ1n) is 47.5. The Balaban J connectivity index is 0.000000205. The molecule has 19 rings (SSSR count). The average Bonchev–Trinajstić information content (AvgIpc) is 1.66. The molecule has 16 heterocycles. The van der Waals surface area contributed by atoms with Gasteiger partial charge in [-0.3, -0.25) is 19.9 Å². The second-order valence-corrected chi connectivity index (χ2v) is 43.4. The number of hydrogen-bond donors (Lipinski definition) is 0. The maximum Gasteiger partial charge on any atom is 2.00 e. The quantitative estimate of drug-likeness (QED) is 0.116. The number of benzene rings is 2. The zero-order valence-electron chi connectivity index (χ0n) is 87.3. The summed E-state index contributed by atoms with van der Waals surface area (Å²) in [5.74, 6) is 3.10. The molecule has 18 aromatic rings. The molecule has 1 aliphatic rings. The van der Waals surface area contributed by atoms with Crippen LogP contribution in [0.3, 0.4) is 0 Å². The minimum Gasteiger partial charge on any atom is -0.573 e. The molecule has 0 unspecified atom stereocenters. The van der Waals surface area contributed by atoms with E-state index in [-0.39, 0.29) is 128 Å². The molecule has 1 aliphatic carbocycles. The van der Waals surface area contributed by atoms with Gasteiger partial charge < -0.3 is 81.6 Å². The molecule has 0 spiro atoms. The van der Waals surface area contributed by atoms with E-state index >= 15 is 0 Å². The molecule has 0 bridgehead atoms. The Morgan fingerprint density at radius 1 is 0.273 bits per heavy atom. The fraction of sp³-hybridized carbons (Fsp3) is 0.387.